The molecule has 0 heterocycles. The van der Waals surface area contributed by atoms with Crippen LogP contribution in [0.15, 0.2) is 24.3 Å². The van der Waals surface area contributed by atoms with Gasteiger partial charge in [-0.3, -0.25) is 0 Å². The lowest BCUT2D eigenvalue weighted by Crippen LogP contribution is -2.24. The van der Waals surface area contributed by atoms with Crippen molar-refractivity contribution in [3.8, 4) is 0 Å². The summed E-state index contributed by atoms with van der Waals surface area (Å²) in [6.07, 6.45) is -0.00313. The molecule has 0 aromatic heterocycles. The van der Waals surface area contributed by atoms with E-state index in [2.05, 4.69) is 22.6 Å². The predicted molar refractivity (Wildman–Crippen MR) is 47.9 cm³/mol. The van der Waals surface area contributed by atoms with Crippen molar-refractivity contribution in [1.82, 2.24) is 0 Å². The molecule has 0 N–H and O–H groups in total. The Bertz CT molecular complexity index is 271. The van der Waals surface area contributed by atoms with Gasteiger partial charge in [0.1, 0.15) is 0 Å². The van der Waals surface area contributed by atoms with Gasteiger partial charge in [-0.2, -0.15) is 0 Å². The highest BCUT2D eigenvalue weighted by Crippen LogP contribution is 2.07. The number of carboxylic acids is 1. The lowest BCUT2D eigenvalue weighted by molar-refractivity contribution is -0.304. The highest BCUT2D eigenvalue weighted by atomic mass is 127. The predicted octanol–water partition coefficient (Wildman–Crippen LogP) is 0.584. The van der Waals surface area contributed by atoms with E-state index in [0.29, 0.717) is 0 Å². The zero-order valence-corrected chi connectivity index (χ0v) is 7.87. The number of aliphatic carboxylic acids is 1. The van der Waals surface area contributed by atoms with Crippen molar-refractivity contribution in [2.75, 3.05) is 0 Å². The van der Waals surface area contributed by atoms with Crippen LogP contribution >= 0.6 is 22.6 Å². The molecule has 3 heteroatoms. The summed E-state index contributed by atoms with van der Waals surface area (Å²) >= 11 is 2.14. The van der Waals surface area contributed by atoms with E-state index >= 15 is 0 Å². The molecule has 58 valence electrons. The van der Waals surface area contributed by atoms with E-state index in [0.717, 1.165) is 9.13 Å². The Kier molecular flexibility index (Phi) is 2.87. The summed E-state index contributed by atoms with van der Waals surface area (Å²) in [5, 5.41) is 10.2. The van der Waals surface area contributed by atoms with Crippen LogP contribution in [0.1, 0.15) is 5.56 Å². The van der Waals surface area contributed by atoms with Gasteiger partial charge >= 0.3 is 0 Å². The summed E-state index contributed by atoms with van der Waals surface area (Å²) in [6, 6.07) is 7.35. The number of rotatable bonds is 2. The van der Waals surface area contributed by atoms with Crippen molar-refractivity contribution in [3.05, 3.63) is 33.4 Å². The van der Waals surface area contributed by atoms with Crippen LogP contribution in [-0.2, 0) is 11.2 Å². The van der Waals surface area contributed by atoms with Crippen LogP contribution in [0.25, 0.3) is 0 Å². The van der Waals surface area contributed by atoms with Crippen molar-refractivity contribution in [1.29, 1.82) is 0 Å². The molecule has 11 heavy (non-hydrogen) atoms. The van der Waals surface area contributed by atoms with Crippen LogP contribution in [0.4, 0.5) is 0 Å². The molecule has 0 radical (unpaired) electrons. The minimum absolute atomic E-state index is 0.00313. The summed E-state index contributed by atoms with van der Waals surface area (Å²) < 4.78 is 1.04. The third kappa shape index (κ3) is 2.88. The lowest BCUT2D eigenvalue weighted by atomic mass is 10.2. The number of carboxylic acid groups (broad SMARTS) is 1. The Labute approximate surface area is 78.4 Å². The van der Waals surface area contributed by atoms with Crippen LogP contribution in [0.2, 0.25) is 0 Å². The fourth-order valence-electron chi connectivity index (χ4n) is 0.814. The van der Waals surface area contributed by atoms with Crippen molar-refractivity contribution < 1.29 is 9.90 Å². The number of carbonyl (C=O) groups is 1. The van der Waals surface area contributed by atoms with Crippen LogP contribution in [0, 0.1) is 3.57 Å². The fourth-order valence-corrected chi connectivity index (χ4v) is 1.42. The molecule has 0 aliphatic carbocycles. The van der Waals surface area contributed by atoms with E-state index in [1.807, 2.05) is 18.2 Å². The van der Waals surface area contributed by atoms with Crippen LogP contribution < -0.4 is 5.11 Å². The van der Waals surface area contributed by atoms with E-state index < -0.39 is 5.97 Å². The highest BCUT2D eigenvalue weighted by Gasteiger charge is 1.92. The molecule has 1 aromatic carbocycles. The molecule has 0 saturated carbocycles. The number of benzene rings is 1. The molecule has 0 aliphatic heterocycles. The normalized spacial score (nSPS) is 9.55. The molecule has 0 unspecified atom stereocenters. The monoisotopic (exact) mass is 261 g/mol. The van der Waals surface area contributed by atoms with Gasteiger partial charge in [0.25, 0.3) is 0 Å². The third-order valence-corrected chi connectivity index (χ3v) is 1.91. The Morgan fingerprint density at radius 3 is 2.82 bits per heavy atom. The first-order valence-corrected chi connectivity index (χ1v) is 4.20. The van der Waals surface area contributed by atoms with Gasteiger partial charge in [0, 0.05) is 16.0 Å². The molecule has 0 amide bonds. The van der Waals surface area contributed by atoms with Crippen LogP contribution in [-0.4, -0.2) is 5.97 Å². The van der Waals surface area contributed by atoms with Crippen molar-refractivity contribution in [2.24, 2.45) is 0 Å². The molecule has 1 aromatic rings. The average Bonchev–Trinajstić information content (AvgIpc) is 1.85. The van der Waals surface area contributed by atoms with E-state index in [-0.39, 0.29) is 6.42 Å². The summed E-state index contributed by atoms with van der Waals surface area (Å²) in [5.41, 5.74) is 0.789. The molecule has 0 saturated heterocycles. The van der Waals surface area contributed by atoms with Crippen molar-refractivity contribution in [3.63, 3.8) is 0 Å². The second kappa shape index (κ2) is 3.71. The molecule has 0 atom stereocenters. The quantitative estimate of drug-likeness (QED) is 0.731. The van der Waals surface area contributed by atoms with Crippen molar-refractivity contribution >= 4 is 28.6 Å². The molecule has 0 spiro atoms. The Morgan fingerprint density at radius 1 is 1.55 bits per heavy atom. The number of hydrogen-bond donors (Lipinski definition) is 0. The maximum Gasteiger partial charge on any atom is 0.0458 e. The Hall–Kier alpha value is -0.580. The van der Waals surface area contributed by atoms with E-state index in [9.17, 15) is 9.90 Å². The number of carbonyl (C=O) groups excluding carboxylic acids is 1. The minimum atomic E-state index is -1.04. The molecular formula is C8H6IO2-. The van der Waals surface area contributed by atoms with E-state index in [1.54, 1.807) is 6.07 Å². The summed E-state index contributed by atoms with van der Waals surface area (Å²) in [6.45, 7) is 0. The second-order valence-electron chi connectivity index (χ2n) is 2.18. The van der Waals surface area contributed by atoms with E-state index in [4.69, 9.17) is 0 Å². The first-order valence-electron chi connectivity index (χ1n) is 3.13. The maximum atomic E-state index is 10.2. The van der Waals surface area contributed by atoms with Gasteiger partial charge in [-0.15, -0.1) is 0 Å². The second-order valence-corrected chi connectivity index (χ2v) is 3.42. The molecule has 0 fully saturated rings. The Morgan fingerprint density at radius 2 is 2.27 bits per heavy atom. The van der Waals surface area contributed by atoms with Gasteiger partial charge in [-0.1, -0.05) is 12.1 Å². The largest absolute Gasteiger partial charge is 0.550 e. The molecule has 2 nitrogen and oxygen atoms in total. The lowest BCUT2D eigenvalue weighted by Gasteiger charge is -2.01. The molecule has 0 aliphatic rings. The summed E-state index contributed by atoms with van der Waals surface area (Å²) in [5.74, 6) is -1.04. The van der Waals surface area contributed by atoms with Gasteiger partial charge in [-0.25, -0.2) is 0 Å². The zero-order chi connectivity index (χ0) is 8.27. The topological polar surface area (TPSA) is 40.1 Å². The van der Waals surface area contributed by atoms with Crippen LogP contribution in [0.3, 0.4) is 0 Å². The van der Waals surface area contributed by atoms with Gasteiger partial charge in [0.05, 0.1) is 0 Å². The average molecular weight is 261 g/mol. The fraction of sp³-hybridized carbons (Fsp3) is 0.125. The van der Waals surface area contributed by atoms with Gasteiger partial charge < -0.3 is 9.90 Å². The standard InChI is InChI=1S/C8H7IO2/c9-7-3-1-2-6(4-7)5-8(10)11/h1-4H,5H2,(H,10,11)/p-1. The third-order valence-electron chi connectivity index (χ3n) is 1.24. The number of hydrogen-bond acceptors (Lipinski definition) is 2. The first kappa shape index (κ1) is 8.52. The summed E-state index contributed by atoms with van der Waals surface area (Å²) in [7, 11) is 0. The van der Waals surface area contributed by atoms with Crippen LogP contribution in [0.5, 0.6) is 0 Å². The molecular weight excluding hydrogens is 255 g/mol. The van der Waals surface area contributed by atoms with E-state index in [1.165, 1.54) is 0 Å². The molecule has 0 bridgehead atoms. The maximum absolute atomic E-state index is 10.2. The van der Waals surface area contributed by atoms with Crippen molar-refractivity contribution in [2.45, 2.75) is 6.42 Å². The number of halogens is 1. The smallest absolute Gasteiger partial charge is 0.0458 e. The van der Waals surface area contributed by atoms with Gasteiger partial charge in [0.15, 0.2) is 0 Å². The van der Waals surface area contributed by atoms with Gasteiger partial charge in [0.2, 0.25) is 0 Å². The molecule has 1 rings (SSSR count). The Balaban J connectivity index is 2.79. The SMILES string of the molecule is O=C([O-])Cc1cccc(I)c1. The van der Waals surface area contributed by atoms with Gasteiger partial charge in [-0.05, 0) is 40.3 Å². The minimum Gasteiger partial charge on any atom is -0.550 e. The zero-order valence-electron chi connectivity index (χ0n) is 5.71. The summed E-state index contributed by atoms with van der Waals surface area (Å²) in [4.78, 5) is 10.2. The first-order chi connectivity index (χ1) is 5.18. The highest BCUT2D eigenvalue weighted by molar-refractivity contribution is 14.1.